The molecule has 0 N–H and O–H groups in total. The second-order valence-corrected chi connectivity index (χ2v) is 10.1. The number of amides is 1. The van der Waals surface area contributed by atoms with E-state index < -0.39 is 0 Å². The molecular formula is C32H31N3O4. The highest BCUT2D eigenvalue weighted by molar-refractivity contribution is 6.19. The van der Waals surface area contributed by atoms with Crippen LogP contribution >= 0.6 is 0 Å². The molecule has 1 saturated heterocycles. The van der Waals surface area contributed by atoms with Gasteiger partial charge in [-0.1, -0.05) is 30.3 Å². The number of para-hydroxylation sites is 1. The van der Waals surface area contributed by atoms with Crippen molar-refractivity contribution in [3.05, 3.63) is 71.8 Å². The fourth-order valence-electron chi connectivity index (χ4n) is 5.54. The van der Waals surface area contributed by atoms with E-state index in [1.165, 1.54) is 12.5 Å². The number of benzene rings is 3. The fraction of sp³-hybridized carbons (Fsp3) is 0.281. The van der Waals surface area contributed by atoms with Gasteiger partial charge < -0.3 is 19.3 Å². The Morgan fingerprint density at radius 1 is 1.03 bits per heavy atom. The minimum atomic E-state index is -0.255. The number of morpholine rings is 1. The van der Waals surface area contributed by atoms with Crippen molar-refractivity contribution in [3.8, 4) is 11.3 Å². The maximum atomic E-state index is 12.7. The van der Waals surface area contributed by atoms with Crippen molar-refractivity contribution in [2.75, 3.05) is 44.9 Å². The smallest absolute Gasteiger partial charge is 0.302 e. The van der Waals surface area contributed by atoms with Gasteiger partial charge in [-0.15, -0.1) is 0 Å². The molecule has 1 amide bonds. The van der Waals surface area contributed by atoms with E-state index in [4.69, 9.17) is 14.5 Å². The van der Waals surface area contributed by atoms with Crippen molar-refractivity contribution in [2.24, 2.45) is 0 Å². The second kappa shape index (κ2) is 10.5. The van der Waals surface area contributed by atoms with Crippen LogP contribution in [-0.4, -0.2) is 61.7 Å². The van der Waals surface area contributed by atoms with Crippen LogP contribution in [0.1, 0.15) is 24.5 Å². The van der Waals surface area contributed by atoms with Gasteiger partial charge in [0.25, 0.3) is 0 Å². The van der Waals surface area contributed by atoms with E-state index in [0.29, 0.717) is 32.9 Å². The van der Waals surface area contributed by atoms with E-state index in [0.717, 1.165) is 62.7 Å². The molecule has 3 heterocycles. The molecule has 198 valence electrons. The van der Waals surface area contributed by atoms with Gasteiger partial charge in [0.05, 0.1) is 42.4 Å². The third kappa shape index (κ3) is 4.86. The van der Waals surface area contributed by atoms with Crippen LogP contribution in [0, 0.1) is 0 Å². The molecule has 0 bridgehead atoms. The lowest BCUT2D eigenvalue weighted by Gasteiger charge is -2.30. The van der Waals surface area contributed by atoms with Gasteiger partial charge in [0.2, 0.25) is 5.91 Å². The number of carbonyl (C=O) groups is 2. The highest BCUT2D eigenvalue weighted by Crippen LogP contribution is 2.48. The van der Waals surface area contributed by atoms with E-state index >= 15 is 0 Å². The van der Waals surface area contributed by atoms with Gasteiger partial charge in [0.1, 0.15) is 0 Å². The molecule has 7 heteroatoms. The molecule has 39 heavy (non-hydrogen) atoms. The van der Waals surface area contributed by atoms with Gasteiger partial charge in [-0.25, -0.2) is 4.98 Å². The Morgan fingerprint density at radius 3 is 2.67 bits per heavy atom. The summed E-state index contributed by atoms with van der Waals surface area (Å²) < 4.78 is 10.5. The number of aromatic nitrogens is 1. The topological polar surface area (TPSA) is 72.0 Å². The molecule has 6 rings (SSSR count). The van der Waals surface area contributed by atoms with Crippen molar-refractivity contribution in [3.63, 3.8) is 0 Å². The number of esters is 1. The molecule has 4 aromatic rings. The zero-order valence-corrected chi connectivity index (χ0v) is 22.3. The van der Waals surface area contributed by atoms with Gasteiger partial charge in [-0.3, -0.25) is 9.59 Å². The SMILES string of the molecule is CC(=O)OCCCc1cc2c3c(nc4ccc(C=CC(=O)N5CCOCC5)cc4c3c1)-c1ccccc1N2C. The summed E-state index contributed by atoms with van der Waals surface area (Å²) in [6, 6.07) is 19.0. The standard InChI is InChI=1S/C32H31N3O4/c1-21(36)39-15-5-6-23-19-26-25-18-22(10-12-30(37)35-13-16-38-17-14-35)9-11-27(25)33-32-24-7-3-4-8-28(24)34(2)29(20-23)31(26)32/h3-4,7-12,18-20H,5-6,13-17H2,1-2H3. The van der Waals surface area contributed by atoms with E-state index in [1.54, 1.807) is 6.08 Å². The van der Waals surface area contributed by atoms with Gasteiger partial charge in [0.15, 0.2) is 0 Å². The molecule has 0 spiro atoms. The molecule has 7 nitrogen and oxygen atoms in total. The zero-order valence-electron chi connectivity index (χ0n) is 22.3. The molecule has 0 radical (unpaired) electrons. The first-order valence-electron chi connectivity index (χ1n) is 13.4. The van der Waals surface area contributed by atoms with E-state index in [9.17, 15) is 9.59 Å². The molecule has 2 aliphatic rings. The lowest BCUT2D eigenvalue weighted by molar-refractivity contribution is -0.141. The number of anilines is 2. The first-order chi connectivity index (χ1) is 19.0. The Morgan fingerprint density at radius 2 is 1.85 bits per heavy atom. The molecular weight excluding hydrogens is 490 g/mol. The number of ether oxygens (including phenoxy) is 2. The van der Waals surface area contributed by atoms with Crippen molar-refractivity contribution in [1.29, 1.82) is 0 Å². The monoisotopic (exact) mass is 521 g/mol. The van der Waals surface area contributed by atoms with Crippen molar-refractivity contribution in [1.82, 2.24) is 9.88 Å². The lowest BCUT2D eigenvalue weighted by Crippen LogP contribution is -2.39. The predicted molar refractivity (Wildman–Crippen MR) is 154 cm³/mol. The van der Waals surface area contributed by atoms with Crippen molar-refractivity contribution in [2.45, 2.75) is 19.8 Å². The number of nitrogens with zero attached hydrogens (tertiary/aromatic N) is 3. The first-order valence-corrected chi connectivity index (χ1v) is 13.4. The average Bonchev–Trinajstić information content (AvgIpc) is 2.97. The minimum absolute atomic E-state index is 0.00159. The maximum absolute atomic E-state index is 12.7. The molecule has 1 aromatic heterocycles. The molecule has 1 fully saturated rings. The number of carbonyl (C=O) groups excluding carboxylic acids is 2. The quantitative estimate of drug-likeness (QED) is 0.144. The summed E-state index contributed by atoms with van der Waals surface area (Å²) in [4.78, 5) is 33.1. The Balaban J connectivity index is 1.45. The van der Waals surface area contributed by atoms with Crippen LogP contribution in [0.2, 0.25) is 0 Å². The summed E-state index contributed by atoms with van der Waals surface area (Å²) in [7, 11) is 2.10. The Kier molecular flexibility index (Phi) is 6.75. The predicted octanol–water partition coefficient (Wildman–Crippen LogP) is 5.50. The van der Waals surface area contributed by atoms with Gasteiger partial charge in [-0.05, 0) is 59.7 Å². The second-order valence-electron chi connectivity index (χ2n) is 10.1. The zero-order chi connectivity index (χ0) is 26.9. The summed E-state index contributed by atoms with van der Waals surface area (Å²) in [6.07, 6.45) is 5.07. The Labute approximate surface area is 227 Å². The number of rotatable bonds is 6. The van der Waals surface area contributed by atoms with Crippen LogP contribution in [0.5, 0.6) is 0 Å². The number of aryl methyl sites for hydroxylation is 1. The molecule has 3 aromatic carbocycles. The fourth-order valence-corrected chi connectivity index (χ4v) is 5.54. The Bertz CT molecular complexity index is 1620. The number of hydrogen-bond acceptors (Lipinski definition) is 6. The van der Waals surface area contributed by atoms with E-state index in [2.05, 4.69) is 54.4 Å². The van der Waals surface area contributed by atoms with Gasteiger partial charge in [-0.2, -0.15) is 0 Å². The lowest BCUT2D eigenvalue weighted by atomic mass is 9.91. The molecule has 0 saturated carbocycles. The highest BCUT2D eigenvalue weighted by atomic mass is 16.5. The van der Waals surface area contributed by atoms with E-state index in [-0.39, 0.29) is 11.9 Å². The van der Waals surface area contributed by atoms with Crippen LogP contribution in [0.15, 0.2) is 60.7 Å². The van der Waals surface area contributed by atoms with Crippen molar-refractivity contribution < 1.29 is 19.1 Å². The Hall–Kier alpha value is -4.23. The first kappa shape index (κ1) is 25.1. The van der Waals surface area contributed by atoms with Crippen molar-refractivity contribution >= 4 is 51.0 Å². The van der Waals surface area contributed by atoms with E-state index in [1.807, 2.05) is 23.1 Å². The van der Waals surface area contributed by atoms with Crippen LogP contribution in [0.25, 0.3) is 39.0 Å². The molecule has 0 aliphatic carbocycles. The van der Waals surface area contributed by atoms with Crippen LogP contribution in [0.4, 0.5) is 11.4 Å². The van der Waals surface area contributed by atoms with Crippen LogP contribution < -0.4 is 4.90 Å². The minimum Gasteiger partial charge on any atom is -0.466 e. The number of pyridine rings is 1. The number of hydrogen-bond donors (Lipinski definition) is 0. The maximum Gasteiger partial charge on any atom is 0.302 e. The summed E-state index contributed by atoms with van der Waals surface area (Å²) in [5.74, 6) is -0.254. The van der Waals surface area contributed by atoms with Crippen LogP contribution in [0.3, 0.4) is 0 Å². The third-order valence-electron chi connectivity index (χ3n) is 7.50. The summed E-state index contributed by atoms with van der Waals surface area (Å²) in [5, 5.41) is 3.30. The number of fused-ring (bicyclic) bond motifs is 4. The molecule has 0 atom stereocenters. The summed E-state index contributed by atoms with van der Waals surface area (Å²) >= 11 is 0. The summed E-state index contributed by atoms with van der Waals surface area (Å²) in [5.41, 5.74) is 7.38. The van der Waals surface area contributed by atoms with Gasteiger partial charge in [0, 0.05) is 49.5 Å². The summed E-state index contributed by atoms with van der Waals surface area (Å²) in [6.45, 7) is 4.24. The van der Waals surface area contributed by atoms with Crippen LogP contribution in [-0.2, 0) is 25.5 Å². The normalized spacial score (nSPS) is 14.7. The molecule has 0 unspecified atom stereocenters. The largest absolute Gasteiger partial charge is 0.466 e. The molecule has 2 aliphatic heterocycles. The van der Waals surface area contributed by atoms with Gasteiger partial charge >= 0.3 is 5.97 Å². The third-order valence-corrected chi connectivity index (χ3v) is 7.50. The highest BCUT2D eigenvalue weighted by Gasteiger charge is 2.25. The average molecular weight is 522 g/mol.